The van der Waals surface area contributed by atoms with Crippen molar-refractivity contribution in [1.29, 1.82) is 0 Å². The lowest BCUT2D eigenvalue weighted by Crippen LogP contribution is -2.53. The first-order valence-electron chi connectivity index (χ1n) is 5.52. The van der Waals surface area contributed by atoms with Crippen molar-refractivity contribution < 1.29 is 27.8 Å². The summed E-state index contributed by atoms with van der Waals surface area (Å²) in [4.78, 5) is 11.6. The fourth-order valence-corrected chi connectivity index (χ4v) is 2.04. The van der Waals surface area contributed by atoms with Crippen LogP contribution in [0.25, 0.3) is 0 Å². The topological polar surface area (TPSA) is 58.6 Å². The maximum Gasteiger partial charge on any atom is 0.436 e. The van der Waals surface area contributed by atoms with Crippen molar-refractivity contribution in [2.45, 2.75) is 24.2 Å². The van der Waals surface area contributed by atoms with Crippen LogP contribution in [0.5, 0.6) is 5.75 Å². The smallest absolute Gasteiger partial charge is 0.436 e. The minimum Gasteiger partial charge on any atom is -0.497 e. The van der Waals surface area contributed by atoms with Crippen LogP contribution in [0.1, 0.15) is 17.9 Å². The van der Waals surface area contributed by atoms with Crippen molar-refractivity contribution in [1.82, 2.24) is 5.32 Å². The van der Waals surface area contributed by atoms with E-state index in [9.17, 15) is 23.1 Å². The van der Waals surface area contributed by atoms with Gasteiger partial charge in [-0.25, -0.2) is 0 Å². The number of benzene rings is 1. The number of aliphatic hydroxyl groups is 1. The number of ether oxygens (including phenoxy) is 1. The molecule has 0 radical (unpaired) electrons. The van der Waals surface area contributed by atoms with Crippen LogP contribution < -0.4 is 10.1 Å². The van der Waals surface area contributed by atoms with Crippen molar-refractivity contribution in [2.24, 2.45) is 0 Å². The Hall–Kier alpha value is -1.76. The molecule has 0 saturated carbocycles. The van der Waals surface area contributed by atoms with Gasteiger partial charge in [-0.2, -0.15) is 13.2 Å². The standard InChI is InChI=1S/C12H12F3NO3/c1-19-8-4-2-3-7(5-8)9-6-11(18,12(13,14)15)16-10(9)17/h2-5,9,18H,6H2,1H3,(H,16,17)/t9-,11+/m1/s1. The average Bonchev–Trinajstić information content (AvgIpc) is 2.66. The van der Waals surface area contributed by atoms with Crippen molar-refractivity contribution in [3.8, 4) is 5.75 Å². The highest BCUT2D eigenvalue weighted by Crippen LogP contribution is 2.41. The first-order chi connectivity index (χ1) is 8.77. The zero-order chi connectivity index (χ0) is 14.3. The molecule has 1 saturated heterocycles. The molecule has 1 heterocycles. The third-order valence-corrected chi connectivity index (χ3v) is 3.11. The SMILES string of the molecule is COc1cccc([C@H]2C[C@](O)(C(F)(F)F)NC2=O)c1. The summed E-state index contributed by atoms with van der Waals surface area (Å²) in [6.07, 6.45) is -5.65. The van der Waals surface area contributed by atoms with E-state index in [0.717, 1.165) is 0 Å². The van der Waals surface area contributed by atoms with Crippen molar-refractivity contribution in [2.75, 3.05) is 7.11 Å². The predicted octanol–water partition coefficient (Wildman–Crippen LogP) is 1.55. The second-order valence-corrected chi connectivity index (χ2v) is 4.38. The van der Waals surface area contributed by atoms with Crippen LogP contribution in [0.15, 0.2) is 24.3 Å². The quantitative estimate of drug-likeness (QED) is 0.861. The Kier molecular flexibility index (Phi) is 3.17. The Balaban J connectivity index is 2.30. The van der Waals surface area contributed by atoms with E-state index < -0.39 is 30.1 Å². The number of methoxy groups -OCH3 is 1. The Labute approximate surface area is 107 Å². The molecule has 0 unspecified atom stereocenters. The zero-order valence-corrected chi connectivity index (χ0v) is 9.99. The van der Waals surface area contributed by atoms with Crippen LogP contribution >= 0.6 is 0 Å². The van der Waals surface area contributed by atoms with Crippen LogP contribution in [0, 0.1) is 0 Å². The summed E-state index contributed by atoms with van der Waals surface area (Å²) in [5.74, 6) is -1.47. The molecule has 0 aliphatic carbocycles. The lowest BCUT2D eigenvalue weighted by Gasteiger charge is -2.25. The summed E-state index contributed by atoms with van der Waals surface area (Å²) in [6.45, 7) is 0. The number of nitrogens with one attached hydrogen (secondary N) is 1. The summed E-state index contributed by atoms with van der Waals surface area (Å²) < 4.78 is 42.9. The first kappa shape index (κ1) is 13.7. The van der Waals surface area contributed by atoms with Crippen molar-refractivity contribution in [3.05, 3.63) is 29.8 Å². The first-order valence-corrected chi connectivity index (χ1v) is 5.52. The van der Waals surface area contributed by atoms with Crippen LogP contribution in [0.2, 0.25) is 0 Å². The van der Waals surface area contributed by atoms with Gasteiger partial charge in [0.2, 0.25) is 11.6 Å². The van der Waals surface area contributed by atoms with Crippen molar-refractivity contribution >= 4 is 5.91 Å². The van der Waals surface area contributed by atoms with Gasteiger partial charge >= 0.3 is 6.18 Å². The Bertz CT molecular complexity index is 503. The molecular weight excluding hydrogens is 263 g/mol. The highest BCUT2D eigenvalue weighted by Gasteiger charge is 2.60. The fraction of sp³-hybridized carbons (Fsp3) is 0.417. The van der Waals surface area contributed by atoms with Gasteiger partial charge in [-0.15, -0.1) is 0 Å². The van der Waals surface area contributed by atoms with E-state index in [2.05, 4.69) is 0 Å². The lowest BCUT2D eigenvalue weighted by atomic mass is 9.94. The molecule has 1 amide bonds. The maximum absolute atomic E-state index is 12.7. The van der Waals surface area contributed by atoms with Gasteiger partial charge in [-0.1, -0.05) is 12.1 Å². The Morgan fingerprint density at radius 2 is 2.16 bits per heavy atom. The largest absolute Gasteiger partial charge is 0.497 e. The van der Waals surface area contributed by atoms with Gasteiger partial charge in [0, 0.05) is 6.42 Å². The maximum atomic E-state index is 12.7. The summed E-state index contributed by atoms with van der Waals surface area (Å²) in [5, 5.41) is 11.1. The molecule has 2 rings (SSSR count). The normalized spacial score (nSPS) is 27.2. The third kappa shape index (κ3) is 2.37. The molecule has 1 aliphatic heterocycles. The molecule has 2 N–H and O–H groups in total. The van der Waals surface area contributed by atoms with Gasteiger partial charge in [0.05, 0.1) is 13.0 Å². The number of amides is 1. The summed E-state index contributed by atoms with van der Waals surface area (Å²) in [6, 6.07) is 6.19. The molecule has 4 nitrogen and oxygen atoms in total. The fourth-order valence-electron chi connectivity index (χ4n) is 2.04. The summed E-state index contributed by atoms with van der Waals surface area (Å²) >= 11 is 0. The van der Waals surface area contributed by atoms with Crippen LogP contribution in [0.3, 0.4) is 0 Å². The third-order valence-electron chi connectivity index (χ3n) is 3.11. The van der Waals surface area contributed by atoms with E-state index in [0.29, 0.717) is 11.3 Å². The Morgan fingerprint density at radius 3 is 2.68 bits per heavy atom. The van der Waals surface area contributed by atoms with Gasteiger partial charge in [0.25, 0.3) is 0 Å². The number of hydrogen-bond acceptors (Lipinski definition) is 3. The van der Waals surface area contributed by atoms with E-state index in [1.165, 1.54) is 19.2 Å². The molecule has 0 bridgehead atoms. The number of carbonyl (C=O) groups is 1. The van der Waals surface area contributed by atoms with Crippen molar-refractivity contribution in [3.63, 3.8) is 0 Å². The molecule has 0 spiro atoms. The zero-order valence-electron chi connectivity index (χ0n) is 9.99. The number of alkyl halides is 3. The summed E-state index contributed by atoms with van der Waals surface area (Å²) in [5.41, 5.74) is -2.80. The second-order valence-electron chi connectivity index (χ2n) is 4.38. The Morgan fingerprint density at radius 1 is 1.47 bits per heavy atom. The number of hydrogen-bond donors (Lipinski definition) is 2. The number of halogens is 3. The monoisotopic (exact) mass is 275 g/mol. The lowest BCUT2D eigenvalue weighted by molar-refractivity contribution is -0.266. The molecule has 1 aliphatic rings. The highest BCUT2D eigenvalue weighted by atomic mass is 19.4. The number of carbonyl (C=O) groups excluding carboxylic acids is 1. The molecule has 1 aromatic carbocycles. The summed E-state index contributed by atoms with van der Waals surface area (Å²) in [7, 11) is 1.42. The molecule has 1 fully saturated rings. The second kappa shape index (κ2) is 4.41. The van der Waals surface area contributed by atoms with E-state index in [4.69, 9.17) is 4.74 Å². The van der Waals surface area contributed by atoms with E-state index in [1.807, 2.05) is 0 Å². The molecule has 2 atom stereocenters. The average molecular weight is 275 g/mol. The van der Waals surface area contributed by atoms with E-state index >= 15 is 0 Å². The number of rotatable bonds is 2. The minimum absolute atomic E-state index is 0.372. The highest BCUT2D eigenvalue weighted by molar-refractivity contribution is 5.87. The van der Waals surface area contributed by atoms with E-state index in [-0.39, 0.29) is 0 Å². The predicted molar refractivity (Wildman–Crippen MR) is 59.5 cm³/mol. The molecule has 104 valence electrons. The van der Waals surface area contributed by atoms with Gasteiger partial charge < -0.3 is 15.2 Å². The van der Waals surface area contributed by atoms with Gasteiger partial charge in [0.1, 0.15) is 5.75 Å². The molecule has 19 heavy (non-hydrogen) atoms. The van der Waals surface area contributed by atoms with E-state index in [1.54, 1.807) is 17.4 Å². The minimum atomic E-state index is -4.91. The molecule has 7 heteroatoms. The molecular formula is C12H12F3NO3. The van der Waals surface area contributed by atoms with Crippen LogP contribution in [-0.4, -0.2) is 30.0 Å². The van der Waals surface area contributed by atoms with Gasteiger partial charge in [-0.05, 0) is 17.7 Å². The molecule has 1 aromatic rings. The van der Waals surface area contributed by atoms with Crippen LogP contribution in [0.4, 0.5) is 13.2 Å². The molecule has 0 aromatic heterocycles. The van der Waals surface area contributed by atoms with Gasteiger partial charge in [-0.3, -0.25) is 4.79 Å². The van der Waals surface area contributed by atoms with Gasteiger partial charge in [0.15, 0.2) is 0 Å². The van der Waals surface area contributed by atoms with Crippen LogP contribution in [-0.2, 0) is 4.79 Å².